The first-order chi connectivity index (χ1) is 11.7. The molecule has 1 N–H and O–H groups in total. The molecular weight excluding hydrogens is 302 g/mol. The van der Waals surface area contributed by atoms with Crippen LogP contribution in [0, 0.1) is 0 Å². The summed E-state index contributed by atoms with van der Waals surface area (Å²) in [7, 11) is 0. The van der Waals surface area contributed by atoms with E-state index >= 15 is 0 Å². The number of aryl methyl sites for hydroxylation is 1. The van der Waals surface area contributed by atoms with Gasteiger partial charge in [-0.15, -0.1) is 0 Å². The molecular formula is C20H17NO3. The number of hydrogen-bond acceptors (Lipinski definition) is 3. The number of carbonyl (C=O) groups excluding carboxylic acids is 2. The van der Waals surface area contributed by atoms with E-state index in [0.717, 1.165) is 17.7 Å². The van der Waals surface area contributed by atoms with Gasteiger partial charge in [-0.25, -0.2) is 0 Å². The summed E-state index contributed by atoms with van der Waals surface area (Å²) in [6, 6.07) is 18.2. The Morgan fingerprint density at radius 1 is 1.04 bits per heavy atom. The Bertz CT molecular complexity index is 880. The number of rotatable bonds is 5. The molecule has 0 aliphatic heterocycles. The monoisotopic (exact) mass is 319 g/mol. The van der Waals surface area contributed by atoms with Crippen molar-refractivity contribution >= 4 is 17.9 Å². The molecule has 0 atom stereocenters. The minimum Gasteiger partial charge on any atom is -0.453 e. The largest absolute Gasteiger partial charge is 0.453 e. The number of para-hydroxylation sites is 1. The fourth-order valence-corrected chi connectivity index (χ4v) is 2.60. The van der Waals surface area contributed by atoms with Crippen LogP contribution in [0.25, 0.3) is 11.3 Å². The van der Waals surface area contributed by atoms with Crippen LogP contribution in [0.2, 0.25) is 0 Å². The molecule has 0 unspecified atom stereocenters. The maximum Gasteiger partial charge on any atom is 0.256 e. The van der Waals surface area contributed by atoms with Crippen molar-refractivity contribution in [3.8, 4) is 11.3 Å². The Labute approximate surface area is 140 Å². The summed E-state index contributed by atoms with van der Waals surface area (Å²) in [5.41, 5.74) is 3.02. The summed E-state index contributed by atoms with van der Waals surface area (Å²) in [5.74, 6) is 0.513. The van der Waals surface area contributed by atoms with E-state index < -0.39 is 0 Å². The Morgan fingerprint density at radius 3 is 2.54 bits per heavy atom. The number of carbonyl (C=O) groups is 2. The second-order valence-corrected chi connectivity index (χ2v) is 5.33. The van der Waals surface area contributed by atoms with Crippen LogP contribution in [-0.4, -0.2) is 12.2 Å². The highest BCUT2D eigenvalue weighted by Gasteiger charge is 2.16. The maximum absolute atomic E-state index is 12.7. The quantitative estimate of drug-likeness (QED) is 0.701. The molecule has 24 heavy (non-hydrogen) atoms. The Hall–Kier alpha value is -3.14. The maximum atomic E-state index is 12.7. The predicted molar refractivity (Wildman–Crippen MR) is 93.3 cm³/mol. The summed E-state index contributed by atoms with van der Waals surface area (Å²) in [6.07, 6.45) is 1.47. The highest BCUT2D eigenvalue weighted by Crippen LogP contribution is 2.26. The van der Waals surface area contributed by atoms with Crippen LogP contribution in [-0.2, 0) is 6.42 Å². The van der Waals surface area contributed by atoms with E-state index in [-0.39, 0.29) is 11.7 Å². The van der Waals surface area contributed by atoms with Gasteiger partial charge in [-0.1, -0.05) is 43.3 Å². The Kier molecular flexibility index (Phi) is 4.57. The molecule has 0 aliphatic rings. The molecule has 0 spiro atoms. The molecule has 0 saturated heterocycles. The molecule has 1 aromatic heterocycles. The predicted octanol–water partition coefficient (Wildman–Crippen LogP) is 4.57. The average Bonchev–Trinajstić information content (AvgIpc) is 3.11. The molecule has 4 nitrogen and oxygen atoms in total. The second-order valence-electron chi connectivity index (χ2n) is 5.33. The smallest absolute Gasteiger partial charge is 0.256 e. The van der Waals surface area contributed by atoms with Gasteiger partial charge in [0.1, 0.15) is 5.76 Å². The number of nitrogens with one attached hydrogen (secondary N) is 1. The van der Waals surface area contributed by atoms with Crippen LogP contribution < -0.4 is 5.32 Å². The van der Waals surface area contributed by atoms with Crippen molar-refractivity contribution in [3.05, 3.63) is 77.6 Å². The lowest BCUT2D eigenvalue weighted by Crippen LogP contribution is -2.14. The summed E-state index contributed by atoms with van der Waals surface area (Å²) in [5, 5.41) is 2.96. The lowest BCUT2D eigenvalue weighted by molar-refractivity contribution is 0.102. The van der Waals surface area contributed by atoms with Crippen LogP contribution >= 0.6 is 0 Å². The van der Waals surface area contributed by atoms with Gasteiger partial charge in [0, 0.05) is 11.3 Å². The number of aldehydes is 1. The van der Waals surface area contributed by atoms with E-state index in [9.17, 15) is 9.59 Å². The molecule has 1 amide bonds. The van der Waals surface area contributed by atoms with Crippen molar-refractivity contribution in [2.24, 2.45) is 0 Å². The van der Waals surface area contributed by atoms with E-state index in [4.69, 9.17) is 4.42 Å². The molecule has 3 rings (SSSR count). The fourth-order valence-electron chi connectivity index (χ4n) is 2.60. The minimum absolute atomic E-state index is 0.212. The van der Waals surface area contributed by atoms with Gasteiger partial charge in [-0.05, 0) is 36.2 Å². The van der Waals surface area contributed by atoms with Gasteiger partial charge in [0.25, 0.3) is 5.91 Å². The van der Waals surface area contributed by atoms with Crippen molar-refractivity contribution in [2.75, 3.05) is 5.32 Å². The third-order valence-electron chi connectivity index (χ3n) is 3.83. The molecule has 0 fully saturated rings. The molecule has 4 heteroatoms. The van der Waals surface area contributed by atoms with E-state index in [1.54, 1.807) is 30.3 Å². The second kappa shape index (κ2) is 6.96. The van der Waals surface area contributed by atoms with Crippen molar-refractivity contribution in [1.82, 2.24) is 0 Å². The van der Waals surface area contributed by atoms with E-state index in [1.165, 1.54) is 0 Å². The third-order valence-corrected chi connectivity index (χ3v) is 3.83. The van der Waals surface area contributed by atoms with Crippen molar-refractivity contribution < 1.29 is 14.0 Å². The summed E-state index contributed by atoms with van der Waals surface area (Å²) < 4.78 is 5.46. The van der Waals surface area contributed by atoms with Crippen molar-refractivity contribution in [1.29, 1.82) is 0 Å². The van der Waals surface area contributed by atoms with Gasteiger partial charge in [-0.2, -0.15) is 0 Å². The Morgan fingerprint density at radius 2 is 1.79 bits per heavy atom. The first-order valence-electron chi connectivity index (χ1n) is 7.76. The standard InChI is InChI=1S/C20H17NO3/c1-2-14-7-3-6-10-18(14)21-20(23)17-9-5-4-8-16(17)19-12-11-15(13-22)24-19/h3-13H,2H2,1H3,(H,21,23). The molecule has 3 aromatic rings. The normalized spacial score (nSPS) is 10.4. The zero-order valence-corrected chi connectivity index (χ0v) is 13.3. The van der Waals surface area contributed by atoms with Gasteiger partial charge in [-0.3, -0.25) is 9.59 Å². The number of hydrogen-bond donors (Lipinski definition) is 1. The number of benzene rings is 2. The fraction of sp³-hybridized carbons (Fsp3) is 0.100. The van der Waals surface area contributed by atoms with Crippen LogP contribution in [0.4, 0.5) is 5.69 Å². The van der Waals surface area contributed by atoms with E-state index in [1.807, 2.05) is 37.3 Å². The van der Waals surface area contributed by atoms with Gasteiger partial charge >= 0.3 is 0 Å². The first kappa shape index (κ1) is 15.7. The average molecular weight is 319 g/mol. The lowest BCUT2D eigenvalue weighted by Gasteiger charge is -2.11. The zero-order valence-electron chi connectivity index (χ0n) is 13.3. The number of anilines is 1. The Balaban J connectivity index is 1.94. The number of furan rings is 1. The highest BCUT2D eigenvalue weighted by molar-refractivity contribution is 6.08. The summed E-state index contributed by atoms with van der Waals surface area (Å²) in [6.45, 7) is 2.04. The zero-order chi connectivity index (χ0) is 16.9. The van der Waals surface area contributed by atoms with Gasteiger partial charge in [0.2, 0.25) is 0 Å². The molecule has 120 valence electrons. The third kappa shape index (κ3) is 3.13. The van der Waals surface area contributed by atoms with Crippen LogP contribution in [0.1, 0.15) is 33.4 Å². The molecule has 0 aliphatic carbocycles. The van der Waals surface area contributed by atoms with Gasteiger partial charge < -0.3 is 9.73 Å². The first-order valence-corrected chi connectivity index (χ1v) is 7.76. The van der Waals surface area contributed by atoms with E-state index in [2.05, 4.69) is 5.32 Å². The molecule has 0 radical (unpaired) electrons. The molecule has 1 heterocycles. The van der Waals surface area contributed by atoms with Crippen molar-refractivity contribution in [3.63, 3.8) is 0 Å². The van der Waals surface area contributed by atoms with Gasteiger partial charge in [0.05, 0.1) is 5.56 Å². The van der Waals surface area contributed by atoms with Crippen LogP contribution in [0.5, 0.6) is 0 Å². The lowest BCUT2D eigenvalue weighted by atomic mass is 10.0. The van der Waals surface area contributed by atoms with Crippen LogP contribution in [0.3, 0.4) is 0 Å². The molecule has 0 saturated carbocycles. The molecule has 0 bridgehead atoms. The minimum atomic E-state index is -0.212. The molecule has 2 aromatic carbocycles. The van der Waals surface area contributed by atoms with E-state index in [0.29, 0.717) is 23.2 Å². The van der Waals surface area contributed by atoms with Crippen LogP contribution in [0.15, 0.2) is 65.1 Å². The SMILES string of the molecule is CCc1ccccc1NC(=O)c1ccccc1-c1ccc(C=O)o1. The highest BCUT2D eigenvalue weighted by atomic mass is 16.3. The van der Waals surface area contributed by atoms with Gasteiger partial charge in [0.15, 0.2) is 12.0 Å². The van der Waals surface area contributed by atoms with Crippen molar-refractivity contribution in [2.45, 2.75) is 13.3 Å². The summed E-state index contributed by atoms with van der Waals surface area (Å²) >= 11 is 0. The topological polar surface area (TPSA) is 59.3 Å². The number of amides is 1. The summed E-state index contributed by atoms with van der Waals surface area (Å²) in [4.78, 5) is 23.5.